The molecule has 0 bridgehead atoms. The Bertz CT molecular complexity index is 751. The van der Waals surface area contributed by atoms with Crippen molar-refractivity contribution in [3.63, 3.8) is 0 Å². The van der Waals surface area contributed by atoms with Crippen molar-refractivity contribution in [1.29, 1.82) is 0 Å². The first kappa shape index (κ1) is 10.5. The second-order valence-electron chi connectivity index (χ2n) is 4.65. The first-order valence-corrected chi connectivity index (χ1v) is 7.66. The van der Waals surface area contributed by atoms with Crippen LogP contribution < -0.4 is 5.32 Å². The van der Waals surface area contributed by atoms with E-state index in [0.717, 1.165) is 17.7 Å². The molecule has 1 amide bonds. The number of thiophene rings is 2. The minimum atomic E-state index is 0.0926. The van der Waals surface area contributed by atoms with Gasteiger partial charge in [-0.1, -0.05) is 18.2 Å². The predicted molar refractivity (Wildman–Crippen MR) is 77.7 cm³/mol. The molecule has 0 spiro atoms. The third kappa shape index (κ3) is 1.64. The van der Waals surface area contributed by atoms with Gasteiger partial charge in [0, 0.05) is 20.8 Å². The van der Waals surface area contributed by atoms with Gasteiger partial charge in [-0.2, -0.15) is 0 Å². The van der Waals surface area contributed by atoms with E-state index in [2.05, 4.69) is 29.6 Å². The van der Waals surface area contributed by atoms with Gasteiger partial charge >= 0.3 is 0 Å². The summed E-state index contributed by atoms with van der Waals surface area (Å²) in [6, 6.07) is 10.8. The molecule has 2 heterocycles. The molecule has 18 heavy (non-hydrogen) atoms. The van der Waals surface area contributed by atoms with E-state index >= 15 is 0 Å². The highest BCUT2D eigenvalue weighted by molar-refractivity contribution is 7.33. The molecule has 3 aromatic rings. The Morgan fingerprint density at radius 2 is 2.00 bits per heavy atom. The van der Waals surface area contributed by atoms with E-state index in [4.69, 9.17) is 0 Å². The lowest BCUT2D eigenvalue weighted by Crippen LogP contribution is -2.24. The van der Waals surface area contributed by atoms with Gasteiger partial charge in [-0.15, -0.1) is 22.7 Å². The quantitative estimate of drug-likeness (QED) is 0.751. The smallest absolute Gasteiger partial charge is 0.261 e. The number of benzene rings is 1. The summed E-state index contributed by atoms with van der Waals surface area (Å²) in [5.41, 5.74) is 0. The lowest BCUT2D eigenvalue weighted by atomic mass is 10.2. The molecule has 0 atom stereocenters. The SMILES string of the molecule is O=C(NC1CC1)c1cc2sc3ccccc3c2s1. The first-order chi connectivity index (χ1) is 8.81. The Labute approximate surface area is 112 Å². The van der Waals surface area contributed by atoms with E-state index in [1.54, 1.807) is 22.7 Å². The van der Waals surface area contributed by atoms with Crippen molar-refractivity contribution in [3.8, 4) is 0 Å². The number of amides is 1. The molecule has 1 aliphatic rings. The zero-order valence-corrected chi connectivity index (χ0v) is 11.2. The third-order valence-corrected chi connectivity index (χ3v) is 5.60. The van der Waals surface area contributed by atoms with Crippen LogP contribution in [-0.2, 0) is 0 Å². The van der Waals surface area contributed by atoms with E-state index in [1.807, 2.05) is 6.07 Å². The summed E-state index contributed by atoms with van der Waals surface area (Å²) >= 11 is 3.37. The number of fused-ring (bicyclic) bond motifs is 3. The van der Waals surface area contributed by atoms with Crippen LogP contribution in [0, 0.1) is 0 Å². The molecule has 1 aromatic carbocycles. The minimum Gasteiger partial charge on any atom is -0.349 e. The van der Waals surface area contributed by atoms with Crippen molar-refractivity contribution in [2.75, 3.05) is 0 Å². The average Bonchev–Trinajstić information content (AvgIpc) is 2.98. The van der Waals surface area contributed by atoms with Crippen LogP contribution in [0.15, 0.2) is 30.3 Å². The topological polar surface area (TPSA) is 29.1 Å². The predicted octanol–water partition coefficient (Wildman–Crippen LogP) is 4.01. The summed E-state index contributed by atoms with van der Waals surface area (Å²) in [4.78, 5) is 12.8. The fraction of sp³-hybridized carbons (Fsp3) is 0.214. The maximum Gasteiger partial charge on any atom is 0.261 e. The van der Waals surface area contributed by atoms with Gasteiger partial charge in [0.2, 0.25) is 0 Å². The Balaban J connectivity index is 1.81. The highest BCUT2D eigenvalue weighted by atomic mass is 32.1. The van der Waals surface area contributed by atoms with E-state index in [1.165, 1.54) is 19.5 Å². The van der Waals surface area contributed by atoms with Gasteiger partial charge in [0.25, 0.3) is 5.91 Å². The van der Waals surface area contributed by atoms with Gasteiger partial charge in [-0.25, -0.2) is 0 Å². The van der Waals surface area contributed by atoms with Crippen LogP contribution in [-0.4, -0.2) is 11.9 Å². The zero-order valence-electron chi connectivity index (χ0n) is 9.60. The molecule has 1 saturated carbocycles. The second kappa shape index (κ2) is 3.80. The standard InChI is InChI=1S/C14H11NOS2/c16-14(15-8-5-6-8)12-7-11-13(18-12)9-3-1-2-4-10(9)17-11/h1-4,7-8H,5-6H2,(H,15,16). The molecule has 1 N–H and O–H groups in total. The molecule has 0 saturated heterocycles. The van der Waals surface area contributed by atoms with Crippen LogP contribution in [0.25, 0.3) is 19.5 Å². The molecule has 2 aromatic heterocycles. The van der Waals surface area contributed by atoms with Crippen molar-refractivity contribution in [1.82, 2.24) is 5.32 Å². The monoisotopic (exact) mass is 273 g/mol. The summed E-state index contributed by atoms with van der Waals surface area (Å²) in [6.07, 6.45) is 2.27. The van der Waals surface area contributed by atoms with Crippen LogP contribution in [0.4, 0.5) is 0 Å². The number of carbonyl (C=O) groups is 1. The number of nitrogens with one attached hydrogen (secondary N) is 1. The Morgan fingerprint density at radius 3 is 2.83 bits per heavy atom. The summed E-state index contributed by atoms with van der Waals surface area (Å²) in [7, 11) is 0. The van der Waals surface area contributed by atoms with E-state index in [9.17, 15) is 4.79 Å². The maximum absolute atomic E-state index is 12.0. The fourth-order valence-electron chi connectivity index (χ4n) is 2.10. The van der Waals surface area contributed by atoms with Crippen LogP contribution in [0.3, 0.4) is 0 Å². The molecular formula is C14H11NOS2. The highest BCUT2D eigenvalue weighted by Crippen LogP contribution is 2.39. The molecule has 0 aliphatic heterocycles. The van der Waals surface area contributed by atoms with Gasteiger partial charge < -0.3 is 5.32 Å². The summed E-state index contributed by atoms with van der Waals surface area (Å²) in [5.74, 6) is 0.0926. The second-order valence-corrected chi connectivity index (χ2v) is 6.79. The number of carbonyl (C=O) groups excluding carboxylic acids is 1. The first-order valence-electron chi connectivity index (χ1n) is 6.03. The highest BCUT2D eigenvalue weighted by Gasteiger charge is 2.24. The lowest BCUT2D eigenvalue weighted by Gasteiger charge is -1.98. The van der Waals surface area contributed by atoms with Gasteiger partial charge in [0.15, 0.2) is 0 Å². The van der Waals surface area contributed by atoms with Crippen LogP contribution in [0.1, 0.15) is 22.5 Å². The molecule has 0 radical (unpaired) electrons. The molecule has 2 nitrogen and oxygen atoms in total. The Kier molecular flexibility index (Phi) is 2.22. The number of hydrogen-bond acceptors (Lipinski definition) is 3. The molecular weight excluding hydrogens is 262 g/mol. The van der Waals surface area contributed by atoms with E-state index in [-0.39, 0.29) is 5.91 Å². The summed E-state index contributed by atoms with van der Waals surface area (Å²) in [5, 5.41) is 4.32. The molecule has 90 valence electrons. The molecule has 4 rings (SSSR count). The normalized spacial score (nSPS) is 15.3. The zero-order chi connectivity index (χ0) is 12.1. The molecule has 0 unspecified atom stereocenters. The lowest BCUT2D eigenvalue weighted by molar-refractivity contribution is 0.0955. The van der Waals surface area contributed by atoms with Crippen LogP contribution in [0.5, 0.6) is 0 Å². The summed E-state index contributed by atoms with van der Waals surface area (Å²) < 4.78 is 3.77. The van der Waals surface area contributed by atoms with E-state index in [0.29, 0.717) is 6.04 Å². The van der Waals surface area contributed by atoms with Gasteiger partial charge in [0.1, 0.15) is 0 Å². The summed E-state index contributed by atoms with van der Waals surface area (Å²) in [6.45, 7) is 0. The Morgan fingerprint density at radius 1 is 1.17 bits per heavy atom. The van der Waals surface area contributed by atoms with Crippen LogP contribution in [0.2, 0.25) is 0 Å². The van der Waals surface area contributed by atoms with Crippen molar-refractivity contribution < 1.29 is 4.79 Å². The Hall–Kier alpha value is -1.39. The molecule has 1 fully saturated rings. The van der Waals surface area contributed by atoms with Gasteiger partial charge in [0.05, 0.1) is 9.58 Å². The van der Waals surface area contributed by atoms with Gasteiger partial charge in [-0.05, 0) is 25.0 Å². The number of rotatable bonds is 2. The molecule has 1 aliphatic carbocycles. The van der Waals surface area contributed by atoms with Crippen molar-refractivity contribution >= 4 is 48.1 Å². The number of hydrogen-bond donors (Lipinski definition) is 1. The maximum atomic E-state index is 12.0. The minimum absolute atomic E-state index is 0.0926. The molecule has 4 heteroatoms. The average molecular weight is 273 g/mol. The van der Waals surface area contributed by atoms with Crippen molar-refractivity contribution in [2.24, 2.45) is 0 Å². The fourth-order valence-corrected chi connectivity index (χ4v) is 4.52. The van der Waals surface area contributed by atoms with E-state index < -0.39 is 0 Å². The third-order valence-electron chi connectivity index (χ3n) is 3.19. The van der Waals surface area contributed by atoms with Crippen LogP contribution >= 0.6 is 22.7 Å². The van der Waals surface area contributed by atoms with Crippen molar-refractivity contribution in [3.05, 3.63) is 35.2 Å². The van der Waals surface area contributed by atoms with Crippen molar-refractivity contribution in [2.45, 2.75) is 18.9 Å². The van der Waals surface area contributed by atoms with Gasteiger partial charge in [-0.3, -0.25) is 4.79 Å². The largest absolute Gasteiger partial charge is 0.349 e.